The molecule has 1 heterocycles. The van der Waals surface area contributed by atoms with Crippen LogP contribution in [-0.2, 0) is 9.47 Å². The van der Waals surface area contributed by atoms with Gasteiger partial charge in [-0.05, 0) is 44.8 Å². The van der Waals surface area contributed by atoms with E-state index in [0.29, 0.717) is 6.04 Å². The molecule has 0 atom stereocenters. The van der Waals surface area contributed by atoms with Crippen LogP contribution in [0.15, 0.2) is 35.8 Å². The summed E-state index contributed by atoms with van der Waals surface area (Å²) >= 11 is 0. The molecule has 2 saturated carbocycles. The first-order chi connectivity index (χ1) is 8.68. The zero-order chi connectivity index (χ0) is 12.8. The lowest BCUT2D eigenvalue weighted by Gasteiger charge is -2.33. The lowest BCUT2D eigenvalue weighted by molar-refractivity contribution is 0.0425. The van der Waals surface area contributed by atoms with E-state index in [9.17, 15) is 0 Å². The van der Waals surface area contributed by atoms with E-state index in [4.69, 9.17) is 15.2 Å². The molecule has 0 radical (unpaired) electrons. The zero-order valence-corrected chi connectivity index (χ0v) is 10.9. The van der Waals surface area contributed by atoms with E-state index in [0.717, 1.165) is 31.0 Å². The largest absolute Gasteiger partial charge is 0.493 e. The monoisotopic (exact) mass is 247 g/mol. The second-order valence-electron chi connectivity index (χ2n) is 5.64. The minimum absolute atomic E-state index is 0.219. The fourth-order valence-corrected chi connectivity index (χ4v) is 2.87. The van der Waals surface area contributed by atoms with Gasteiger partial charge in [0.05, 0.1) is 6.61 Å². The van der Waals surface area contributed by atoms with E-state index in [1.54, 1.807) is 0 Å². The first-order valence-corrected chi connectivity index (χ1v) is 6.77. The van der Waals surface area contributed by atoms with Crippen LogP contribution in [0, 0.1) is 5.41 Å². The highest BCUT2D eigenvalue weighted by atomic mass is 16.5. The van der Waals surface area contributed by atoms with Crippen molar-refractivity contribution in [3.63, 3.8) is 0 Å². The minimum atomic E-state index is 0.219. The molecule has 0 bridgehead atoms. The van der Waals surface area contributed by atoms with Gasteiger partial charge >= 0.3 is 0 Å². The average Bonchev–Trinajstić information content (AvgIpc) is 3.00. The van der Waals surface area contributed by atoms with Gasteiger partial charge in [0.25, 0.3) is 0 Å². The van der Waals surface area contributed by atoms with Crippen LogP contribution in [0.1, 0.15) is 32.6 Å². The van der Waals surface area contributed by atoms with Gasteiger partial charge in [-0.25, -0.2) is 0 Å². The Kier molecular flexibility index (Phi) is 2.74. The predicted octanol–water partition coefficient (Wildman–Crippen LogP) is 2.65. The minimum Gasteiger partial charge on any atom is -0.493 e. The van der Waals surface area contributed by atoms with Gasteiger partial charge in [-0.15, -0.1) is 0 Å². The Morgan fingerprint density at radius 1 is 1.50 bits per heavy atom. The summed E-state index contributed by atoms with van der Waals surface area (Å²) in [6, 6.07) is 0.307. The van der Waals surface area contributed by atoms with Gasteiger partial charge in [0.2, 0.25) is 0 Å². The summed E-state index contributed by atoms with van der Waals surface area (Å²) in [6.07, 6.45) is 8.41. The summed E-state index contributed by atoms with van der Waals surface area (Å²) in [4.78, 5) is 0. The van der Waals surface area contributed by atoms with Crippen molar-refractivity contribution in [2.24, 2.45) is 11.1 Å². The Balaban J connectivity index is 1.86. The maximum Gasteiger partial charge on any atom is 0.126 e. The third-order valence-electron chi connectivity index (χ3n) is 4.25. The molecule has 0 aromatic carbocycles. The Hall–Kier alpha value is -1.22. The van der Waals surface area contributed by atoms with Crippen LogP contribution in [0.5, 0.6) is 0 Å². The molecule has 1 spiro atoms. The average molecular weight is 247 g/mol. The smallest absolute Gasteiger partial charge is 0.126 e. The molecule has 2 N–H and O–H groups in total. The Morgan fingerprint density at radius 2 is 2.22 bits per heavy atom. The molecule has 0 amide bonds. The first kappa shape index (κ1) is 11.8. The lowest BCUT2D eigenvalue weighted by atomic mass is 9.89. The highest BCUT2D eigenvalue weighted by molar-refractivity contribution is 5.45. The molecule has 3 nitrogen and oxygen atoms in total. The topological polar surface area (TPSA) is 44.5 Å². The van der Waals surface area contributed by atoms with Crippen LogP contribution < -0.4 is 5.73 Å². The van der Waals surface area contributed by atoms with Crippen LogP contribution in [0.25, 0.3) is 0 Å². The molecule has 1 saturated heterocycles. The fourth-order valence-electron chi connectivity index (χ4n) is 2.87. The van der Waals surface area contributed by atoms with Crippen LogP contribution >= 0.6 is 0 Å². The summed E-state index contributed by atoms with van der Waals surface area (Å²) in [5, 5.41) is 0. The summed E-state index contributed by atoms with van der Waals surface area (Å²) in [7, 11) is 0. The van der Waals surface area contributed by atoms with E-state index in [1.807, 2.05) is 19.1 Å². The molecule has 2 aliphatic carbocycles. The molecule has 3 fully saturated rings. The Labute approximate surface area is 108 Å². The third-order valence-corrected chi connectivity index (χ3v) is 4.25. The van der Waals surface area contributed by atoms with E-state index >= 15 is 0 Å². The highest BCUT2D eigenvalue weighted by Crippen LogP contribution is 2.60. The van der Waals surface area contributed by atoms with Gasteiger partial charge in [-0.2, -0.15) is 0 Å². The maximum atomic E-state index is 6.06. The standard InChI is InChI=1S/C15H21NO2/c1-3-12-14(15(5-6-15)9-17-12)13(4-2)18-11-7-10(16)8-11/h3-4,10-11H,2,5-9,16H2,1H3/b12-3+,14-13?. The number of nitrogens with two attached hydrogens (primary N) is 1. The van der Waals surface area contributed by atoms with Crippen LogP contribution in [0.3, 0.4) is 0 Å². The van der Waals surface area contributed by atoms with Crippen molar-refractivity contribution in [2.75, 3.05) is 6.61 Å². The van der Waals surface area contributed by atoms with Gasteiger partial charge in [-0.1, -0.05) is 6.58 Å². The van der Waals surface area contributed by atoms with Crippen molar-refractivity contribution in [3.8, 4) is 0 Å². The second kappa shape index (κ2) is 4.16. The second-order valence-corrected chi connectivity index (χ2v) is 5.64. The van der Waals surface area contributed by atoms with E-state index < -0.39 is 0 Å². The molecular weight excluding hydrogens is 226 g/mol. The fraction of sp³-hybridized carbons (Fsp3) is 0.600. The van der Waals surface area contributed by atoms with E-state index in [2.05, 4.69) is 6.58 Å². The molecule has 3 rings (SSSR count). The van der Waals surface area contributed by atoms with Crippen molar-refractivity contribution in [3.05, 3.63) is 35.8 Å². The molecule has 18 heavy (non-hydrogen) atoms. The SMILES string of the molecule is C=CC(OC1CC(N)C1)=C1/C(=C\C)OCC12CC2. The highest BCUT2D eigenvalue weighted by Gasteiger charge is 2.54. The normalized spacial score (nSPS) is 37.1. The van der Waals surface area contributed by atoms with E-state index in [-0.39, 0.29) is 11.5 Å². The van der Waals surface area contributed by atoms with Crippen molar-refractivity contribution in [1.29, 1.82) is 0 Å². The Bertz CT molecular complexity index is 426. The molecule has 0 unspecified atom stereocenters. The van der Waals surface area contributed by atoms with Crippen molar-refractivity contribution < 1.29 is 9.47 Å². The molecular formula is C15H21NO2. The van der Waals surface area contributed by atoms with E-state index in [1.165, 1.54) is 18.4 Å². The van der Waals surface area contributed by atoms with Gasteiger partial charge in [-0.3, -0.25) is 0 Å². The van der Waals surface area contributed by atoms with Gasteiger partial charge in [0, 0.05) is 17.0 Å². The molecule has 0 aromatic rings. The molecule has 98 valence electrons. The van der Waals surface area contributed by atoms with Crippen LogP contribution in [0.2, 0.25) is 0 Å². The number of hydrogen-bond donors (Lipinski definition) is 1. The maximum absolute atomic E-state index is 6.06. The quantitative estimate of drug-likeness (QED) is 0.780. The van der Waals surface area contributed by atoms with Crippen LogP contribution in [0.4, 0.5) is 0 Å². The molecule has 3 heteroatoms. The van der Waals surface area contributed by atoms with Crippen molar-refractivity contribution in [1.82, 2.24) is 0 Å². The van der Waals surface area contributed by atoms with Crippen molar-refractivity contribution in [2.45, 2.75) is 44.8 Å². The van der Waals surface area contributed by atoms with Gasteiger partial charge in [0.15, 0.2) is 0 Å². The first-order valence-electron chi connectivity index (χ1n) is 6.77. The third kappa shape index (κ3) is 1.77. The predicted molar refractivity (Wildman–Crippen MR) is 70.7 cm³/mol. The summed E-state index contributed by atoms with van der Waals surface area (Å²) in [6.45, 7) is 6.71. The summed E-state index contributed by atoms with van der Waals surface area (Å²) in [5.41, 5.74) is 7.26. The van der Waals surface area contributed by atoms with Gasteiger partial charge < -0.3 is 15.2 Å². The lowest BCUT2D eigenvalue weighted by Crippen LogP contribution is -2.41. The Morgan fingerprint density at radius 3 is 2.72 bits per heavy atom. The number of ether oxygens (including phenoxy) is 2. The summed E-state index contributed by atoms with van der Waals surface area (Å²) in [5.74, 6) is 1.89. The number of hydrogen-bond acceptors (Lipinski definition) is 3. The van der Waals surface area contributed by atoms with Crippen LogP contribution in [-0.4, -0.2) is 18.8 Å². The van der Waals surface area contributed by atoms with Gasteiger partial charge in [0.1, 0.15) is 17.6 Å². The molecule has 0 aromatic heterocycles. The molecule has 3 aliphatic rings. The zero-order valence-electron chi connectivity index (χ0n) is 10.9. The molecule has 1 aliphatic heterocycles. The summed E-state index contributed by atoms with van der Waals surface area (Å²) < 4.78 is 11.8. The number of allylic oxidation sites excluding steroid dienone is 3. The number of rotatable bonds is 3. The van der Waals surface area contributed by atoms with Crippen molar-refractivity contribution >= 4 is 0 Å².